The summed E-state index contributed by atoms with van der Waals surface area (Å²) in [6, 6.07) is 13.5. The van der Waals surface area contributed by atoms with Crippen LogP contribution in [-0.2, 0) is 0 Å². The molecule has 1 aliphatic heterocycles. The van der Waals surface area contributed by atoms with Crippen LogP contribution in [0, 0.1) is 6.92 Å². The largest absolute Gasteiger partial charge is 0.369 e. The molecule has 0 spiro atoms. The maximum atomic E-state index is 6.01. The van der Waals surface area contributed by atoms with E-state index in [0.29, 0.717) is 12.6 Å². The van der Waals surface area contributed by atoms with Gasteiger partial charge in [0.25, 0.3) is 0 Å². The van der Waals surface area contributed by atoms with Crippen molar-refractivity contribution in [3.05, 3.63) is 52.2 Å². The molecule has 21 heavy (non-hydrogen) atoms. The molecule has 3 nitrogen and oxygen atoms in total. The fraction of sp³-hybridized carbons (Fsp3) is 0.412. The number of benzene rings is 1. The zero-order chi connectivity index (χ0) is 14.7. The first-order valence-electron chi connectivity index (χ1n) is 7.57. The molecule has 1 atom stereocenters. The monoisotopic (exact) mass is 301 g/mol. The fourth-order valence-electron chi connectivity index (χ4n) is 3.04. The van der Waals surface area contributed by atoms with Crippen molar-refractivity contribution < 1.29 is 0 Å². The number of hydrogen-bond acceptors (Lipinski definition) is 4. The highest BCUT2D eigenvalue weighted by Crippen LogP contribution is 2.26. The summed E-state index contributed by atoms with van der Waals surface area (Å²) >= 11 is 1.81. The van der Waals surface area contributed by atoms with Gasteiger partial charge in [-0.3, -0.25) is 4.90 Å². The van der Waals surface area contributed by atoms with E-state index in [1.54, 1.807) is 0 Å². The van der Waals surface area contributed by atoms with Crippen molar-refractivity contribution in [3.8, 4) is 0 Å². The molecule has 2 heterocycles. The minimum Gasteiger partial charge on any atom is -0.369 e. The van der Waals surface area contributed by atoms with Gasteiger partial charge in [-0.05, 0) is 36.1 Å². The average molecular weight is 301 g/mol. The molecular formula is C17H23N3S. The number of thiophene rings is 1. The van der Waals surface area contributed by atoms with E-state index < -0.39 is 0 Å². The Morgan fingerprint density at radius 3 is 2.57 bits per heavy atom. The van der Waals surface area contributed by atoms with Gasteiger partial charge in [-0.25, -0.2) is 0 Å². The van der Waals surface area contributed by atoms with E-state index in [1.807, 2.05) is 11.3 Å². The number of rotatable bonds is 4. The van der Waals surface area contributed by atoms with Crippen LogP contribution in [0.1, 0.15) is 16.5 Å². The molecule has 3 rings (SSSR count). The van der Waals surface area contributed by atoms with E-state index in [-0.39, 0.29) is 0 Å². The summed E-state index contributed by atoms with van der Waals surface area (Å²) in [5.74, 6) is 0. The third-order valence-electron chi connectivity index (χ3n) is 4.22. The second-order valence-electron chi connectivity index (χ2n) is 5.63. The normalized spacial score (nSPS) is 17.9. The van der Waals surface area contributed by atoms with Gasteiger partial charge in [0.1, 0.15) is 0 Å². The SMILES string of the molecule is Cc1cccc(N2CCN(C(CN)c3cccs3)CC2)c1. The van der Waals surface area contributed by atoms with E-state index in [0.717, 1.165) is 26.2 Å². The van der Waals surface area contributed by atoms with Gasteiger partial charge in [-0.2, -0.15) is 0 Å². The van der Waals surface area contributed by atoms with Crippen LogP contribution in [0.4, 0.5) is 5.69 Å². The second-order valence-corrected chi connectivity index (χ2v) is 6.61. The van der Waals surface area contributed by atoms with Crippen molar-refractivity contribution in [1.29, 1.82) is 0 Å². The van der Waals surface area contributed by atoms with Crippen LogP contribution >= 0.6 is 11.3 Å². The fourth-order valence-corrected chi connectivity index (χ4v) is 3.92. The predicted molar refractivity (Wildman–Crippen MR) is 91.1 cm³/mol. The first kappa shape index (κ1) is 14.6. The van der Waals surface area contributed by atoms with Crippen LogP contribution in [0.25, 0.3) is 0 Å². The van der Waals surface area contributed by atoms with Gasteiger partial charge in [-0.15, -0.1) is 11.3 Å². The van der Waals surface area contributed by atoms with Crippen LogP contribution in [0.5, 0.6) is 0 Å². The van der Waals surface area contributed by atoms with E-state index >= 15 is 0 Å². The summed E-state index contributed by atoms with van der Waals surface area (Å²) in [7, 11) is 0. The summed E-state index contributed by atoms with van der Waals surface area (Å²) in [5.41, 5.74) is 8.68. The van der Waals surface area contributed by atoms with E-state index in [2.05, 4.69) is 58.5 Å². The van der Waals surface area contributed by atoms with Crippen LogP contribution in [0.2, 0.25) is 0 Å². The standard InChI is InChI=1S/C17H23N3S/c1-14-4-2-5-15(12-14)19-7-9-20(10-8-19)16(13-18)17-6-3-11-21-17/h2-6,11-12,16H,7-10,13,18H2,1H3. The van der Waals surface area contributed by atoms with Crippen LogP contribution in [0.15, 0.2) is 41.8 Å². The summed E-state index contributed by atoms with van der Waals surface area (Å²) in [4.78, 5) is 6.39. The maximum absolute atomic E-state index is 6.01. The molecule has 4 heteroatoms. The third kappa shape index (κ3) is 3.28. The molecule has 0 amide bonds. The summed E-state index contributed by atoms with van der Waals surface area (Å²) in [6.45, 7) is 7.16. The zero-order valence-electron chi connectivity index (χ0n) is 12.5. The molecule has 1 aromatic heterocycles. The van der Waals surface area contributed by atoms with Gasteiger partial charge in [0, 0.05) is 43.3 Å². The van der Waals surface area contributed by atoms with Crippen LogP contribution < -0.4 is 10.6 Å². The molecule has 1 unspecified atom stereocenters. The first-order valence-corrected chi connectivity index (χ1v) is 8.45. The Labute approximate surface area is 131 Å². The van der Waals surface area contributed by atoms with Crippen molar-refractivity contribution >= 4 is 17.0 Å². The lowest BCUT2D eigenvalue weighted by Gasteiger charge is -2.39. The molecule has 2 aromatic rings. The molecular weight excluding hydrogens is 278 g/mol. The van der Waals surface area contributed by atoms with Crippen molar-refractivity contribution in [2.75, 3.05) is 37.6 Å². The maximum Gasteiger partial charge on any atom is 0.0565 e. The highest BCUT2D eigenvalue weighted by molar-refractivity contribution is 7.10. The number of anilines is 1. The van der Waals surface area contributed by atoms with Crippen LogP contribution in [0.3, 0.4) is 0 Å². The molecule has 2 N–H and O–H groups in total. The minimum atomic E-state index is 0.379. The highest BCUT2D eigenvalue weighted by Gasteiger charge is 2.24. The Bertz CT molecular complexity index is 559. The molecule has 112 valence electrons. The number of piperazine rings is 1. The van der Waals surface area contributed by atoms with Gasteiger partial charge < -0.3 is 10.6 Å². The lowest BCUT2D eigenvalue weighted by Crippen LogP contribution is -2.49. The van der Waals surface area contributed by atoms with Crippen molar-refractivity contribution in [1.82, 2.24) is 4.90 Å². The molecule has 1 saturated heterocycles. The lowest BCUT2D eigenvalue weighted by atomic mass is 10.1. The van der Waals surface area contributed by atoms with E-state index in [1.165, 1.54) is 16.1 Å². The van der Waals surface area contributed by atoms with E-state index in [9.17, 15) is 0 Å². The summed E-state index contributed by atoms with van der Waals surface area (Å²) in [5, 5.41) is 2.14. The third-order valence-corrected chi connectivity index (χ3v) is 5.19. The highest BCUT2D eigenvalue weighted by atomic mass is 32.1. The molecule has 0 bridgehead atoms. The van der Waals surface area contributed by atoms with Crippen molar-refractivity contribution in [2.24, 2.45) is 5.73 Å². The molecule has 1 aromatic carbocycles. The first-order chi connectivity index (χ1) is 10.3. The number of nitrogens with zero attached hydrogens (tertiary/aromatic N) is 2. The Morgan fingerprint density at radius 1 is 1.14 bits per heavy atom. The molecule has 1 aliphatic rings. The Kier molecular flexibility index (Phi) is 4.58. The Hall–Kier alpha value is -1.36. The van der Waals surface area contributed by atoms with Gasteiger partial charge in [0.2, 0.25) is 0 Å². The average Bonchev–Trinajstić information content (AvgIpc) is 3.03. The number of aryl methyl sites for hydroxylation is 1. The second kappa shape index (κ2) is 6.60. The Morgan fingerprint density at radius 2 is 1.95 bits per heavy atom. The van der Waals surface area contributed by atoms with Gasteiger partial charge in [0.05, 0.1) is 6.04 Å². The summed E-state index contributed by atoms with van der Waals surface area (Å²) in [6.07, 6.45) is 0. The van der Waals surface area contributed by atoms with Crippen molar-refractivity contribution in [2.45, 2.75) is 13.0 Å². The van der Waals surface area contributed by atoms with Gasteiger partial charge >= 0.3 is 0 Å². The topological polar surface area (TPSA) is 32.5 Å². The van der Waals surface area contributed by atoms with E-state index in [4.69, 9.17) is 5.73 Å². The zero-order valence-corrected chi connectivity index (χ0v) is 13.4. The van der Waals surface area contributed by atoms with Crippen LogP contribution in [-0.4, -0.2) is 37.6 Å². The van der Waals surface area contributed by atoms with Crippen molar-refractivity contribution in [3.63, 3.8) is 0 Å². The van der Waals surface area contributed by atoms with Gasteiger partial charge in [-0.1, -0.05) is 18.2 Å². The lowest BCUT2D eigenvalue weighted by molar-refractivity contribution is 0.193. The molecule has 1 fully saturated rings. The number of nitrogens with two attached hydrogens (primary N) is 1. The molecule has 0 radical (unpaired) electrons. The Balaban J connectivity index is 1.64. The minimum absolute atomic E-state index is 0.379. The molecule has 0 saturated carbocycles. The van der Waals surface area contributed by atoms with Gasteiger partial charge in [0.15, 0.2) is 0 Å². The number of hydrogen-bond donors (Lipinski definition) is 1. The summed E-state index contributed by atoms with van der Waals surface area (Å²) < 4.78 is 0. The molecule has 0 aliphatic carbocycles. The predicted octanol–water partition coefficient (Wildman–Crippen LogP) is 2.88. The smallest absolute Gasteiger partial charge is 0.0565 e. The quantitative estimate of drug-likeness (QED) is 0.942.